The highest BCUT2D eigenvalue weighted by Gasteiger charge is 2.32. The van der Waals surface area contributed by atoms with Crippen LogP contribution in [0.1, 0.15) is 10.4 Å². The van der Waals surface area contributed by atoms with Crippen molar-refractivity contribution in [1.82, 2.24) is 10.2 Å². The Balaban J connectivity index is 2.00. The first-order valence-corrected chi connectivity index (χ1v) is 6.90. The maximum atomic E-state index is 12.2. The molecule has 2 rings (SSSR count). The van der Waals surface area contributed by atoms with Crippen molar-refractivity contribution in [3.63, 3.8) is 0 Å². The highest BCUT2D eigenvalue weighted by atomic mass is 16.5. The molecule has 0 aromatic heterocycles. The summed E-state index contributed by atoms with van der Waals surface area (Å²) in [5, 5.41) is 5.94. The molecule has 114 valence electrons. The molecule has 0 radical (unpaired) electrons. The number of anilines is 1. The molecule has 0 aliphatic carbocycles. The lowest BCUT2D eigenvalue weighted by Crippen LogP contribution is -2.39. The van der Waals surface area contributed by atoms with Crippen molar-refractivity contribution >= 4 is 17.5 Å². The minimum absolute atomic E-state index is 0.0413. The molecule has 1 heterocycles. The van der Waals surface area contributed by atoms with Crippen LogP contribution in [0, 0.1) is 5.92 Å². The molecule has 1 saturated heterocycles. The van der Waals surface area contributed by atoms with Gasteiger partial charge in [0.15, 0.2) is 0 Å². The second-order valence-electron chi connectivity index (χ2n) is 5.31. The maximum absolute atomic E-state index is 12.2. The predicted octanol–water partition coefficient (Wildman–Crippen LogP) is 0.561. The average molecular weight is 291 g/mol. The second-order valence-corrected chi connectivity index (χ2v) is 5.31. The molecule has 6 nitrogen and oxygen atoms in total. The smallest absolute Gasteiger partial charge is 0.253 e. The number of nitrogens with zero attached hydrogens (tertiary/aromatic N) is 1. The first-order valence-electron chi connectivity index (χ1n) is 6.90. The Kier molecular flexibility index (Phi) is 4.93. The first-order chi connectivity index (χ1) is 10.0. The highest BCUT2D eigenvalue weighted by Crippen LogP contribution is 2.17. The van der Waals surface area contributed by atoms with E-state index in [0.717, 1.165) is 0 Å². The van der Waals surface area contributed by atoms with E-state index in [1.54, 1.807) is 38.4 Å². The molecular formula is C15H21N3O3. The van der Waals surface area contributed by atoms with Gasteiger partial charge >= 0.3 is 0 Å². The lowest BCUT2D eigenvalue weighted by Gasteiger charge is -2.16. The van der Waals surface area contributed by atoms with E-state index >= 15 is 0 Å². The van der Waals surface area contributed by atoms with Crippen molar-refractivity contribution in [2.24, 2.45) is 5.92 Å². The lowest BCUT2D eigenvalue weighted by atomic mass is 10.0. The quantitative estimate of drug-likeness (QED) is 0.850. The van der Waals surface area contributed by atoms with E-state index in [9.17, 15) is 9.59 Å². The Hall–Kier alpha value is -1.92. The molecular weight excluding hydrogens is 270 g/mol. The fourth-order valence-corrected chi connectivity index (χ4v) is 2.29. The summed E-state index contributed by atoms with van der Waals surface area (Å²) in [5.74, 6) is -0.330. The number of amides is 2. The minimum Gasteiger partial charge on any atom is -0.379 e. The largest absolute Gasteiger partial charge is 0.379 e. The highest BCUT2D eigenvalue weighted by molar-refractivity contribution is 5.96. The minimum atomic E-state index is -0.196. The lowest BCUT2D eigenvalue weighted by molar-refractivity contribution is -0.120. The van der Waals surface area contributed by atoms with Crippen LogP contribution in [0.15, 0.2) is 24.3 Å². The summed E-state index contributed by atoms with van der Waals surface area (Å²) in [7, 11) is 5.23. The van der Waals surface area contributed by atoms with Crippen LogP contribution < -0.4 is 10.6 Å². The standard InChI is InChI=1S/C15H21N3O3/c1-16-13-9-21-8-12(13)14(19)17-11-6-4-10(5-7-11)15(20)18(2)3/h4-7,12-13,16H,8-9H2,1-3H3,(H,17,19). The maximum Gasteiger partial charge on any atom is 0.253 e. The third kappa shape index (κ3) is 3.59. The van der Waals surface area contributed by atoms with Gasteiger partial charge in [0.05, 0.1) is 19.1 Å². The number of benzene rings is 1. The fourth-order valence-electron chi connectivity index (χ4n) is 2.29. The third-order valence-corrected chi connectivity index (χ3v) is 3.59. The Morgan fingerprint density at radius 3 is 2.43 bits per heavy atom. The van der Waals surface area contributed by atoms with Gasteiger partial charge in [-0.15, -0.1) is 0 Å². The van der Waals surface area contributed by atoms with Gasteiger partial charge < -0.3 is 20.3 Å². The SMILES string of the molecule is CNC1COCC1C(=O)Nc1ccc(C(=O)N(C)C)cc1. The summed E-state index contributed by atoms with van der Waals surface area (Å²) in [6.45, 7) is 0.972. The summed E-state index contributed by atoms with van der Waals surface area (Å²) >= 11 is 0. The molecule has 0 spiro atoms. The van der Waals surface area contributed by atoms with Gasteiger partial charge in [-0.25, -0.2) is 0 Å². The molecule has 0 bridgehead atoms. The Morgan fingerprint density at radius 1 is 1.19 bits per heavy atom. The molecule has 21 heavy (non-hydrogen) atoms. The van der Waals surface area contributed by atoms with Crippen LogP contribution in [0.3, 0.4) is 0 Å². The topological polar surface area (TPSA) is 70.7 Å². The zero-order chi connectivity index (χ0) is 15.4. The molecule has 1 aliphatic rings. The van der Waals surface area contributed by atoms with Crippen molar-refractivity contribution in [1.29, 1.82) is 0 Å². The van der Waals surface area contributed by atoms with Crippen LogP contribution in [0.25, 0.3) is 0 Å². The molecule has 2 unspecified atom stereocenters. The van der Waals surface area contributed by atoms with Gasteiger partial charge in [0.25, 0.3) is 5.91 Å². The average Bonchev–Trinajstić information content (AvgIpc) is 2.95. The Labute approximate surface area is 124 Å². The zero-order valence-corrected chi connectivity index (χ0v) is 12.6. The second kappa shape index (κ2) is 6.69. The number of carbonyl (C=O) groups is 2. The van der Waals surface area contributed by atoms with Crippen LogP contribution in [-0.2, 0) is 9.53 Å². The van der Waals surface area contributed by atoms with Crippen molar-refractivity contribution in [2.45, 2.75) is 6.04 Å². The van der Waals surface area contributed by atoms with Gasteiger partial charge in [0.1, 0.15) is 0 Å². The summed E-state index contributed by atoms with van der Waals surface area (Å²) in [6.07, 6.45) is 0. The van der Waals surface area contributed by atoms with Gasteiger partial charge in [0, 0.05) is 31.4 Å². The molecule has 2 amide bonds. The van der Waals surface area contributed by atoms with Crippen LogP contribution in [0.2, 0.25) is 0 Å². The molecule has 0 saturated carbocycles. The molecule has 1 aliphatic heterocycles. The summed E-state index contributed by atoms with van der Waals surface area (Å²) in [4.78, 5) is 25.5. The number of rotatable bonds is 4. The number of hydrogen-bond acceptors (Lipinski definition) is 4. The van der Waals surface area contributed by atoms with E-state index in [0.29, 0.717) is 24.5 Å². The van der Waals surface area contributed by atoms with E-state index in [4.69, 9.17) is 4.74 Å². The number of ether oxygens (including phenoxy) is 1. The Morgan fingerprint density at radius 2 is 1.86 bits per heavy atom. The van der Waals surface area contributed by atoms with Crippen LogP contribution in [-0.4, -0.2) is 57.1 Å². The molecule has 6 heteroatoms. The van der Waals surface area contributed by atoms with Crippen LogP contribution in [0.5, 0.6) is 0 Å². The van der Waals surface area contributed by atoms with E-state index in [1.165, 1.54) is 4.90 Å². The molecule has 1 fully saturated rings. The van der Waals surface area contributed by atoms with Crippen molar-refractivity contribution in [3.8, 4) is 0 Å². The van der Waals surface area contributed by atoms with Crippen molar-refractivity contribution in [3.05, 3.63) is 29.8 Å². The predicted molar refractivity (Wildman–Crippen MR) is 80.2 cm³/mol. The zero-order valence-electron chi connectivity index (χ0n) is 12.6. The van der Waals surface area contributed by atoms with Crippen LogP contribution >= 0.6 is 0 Å². The van der Waals surface area contributed by atoms with Gasteiger partial charge in [-0.05, 0) is 31.3 Å². The van der Waals surface area contributed by atoms with Gasteiger partial charge in [-0.2, -0.15) is 0 Å². The number of carbonyl (C=O) groups excluding carboxylic acids is 2. The summed E-state index contributed by atoms with van der Waals surface area (Å²) < 4.78 is 5.32. The molecule has 2 atom stereocenters. The van der Waals surface area contributed by atoms with Gasteiger partial charge in [-0.1, -0.05) is 0 Å². The van der Waals surface area contributed by atoms with E-state index < -0.39 is 0 Å². The van der Waals surface area contributed by atoms with E-state index in [-0.39, 0.29) is 23.8 Å². The summed E-state index contributed by atoms with van der Waals surface area (Å²) in [5.41, 5.74) is 1.27. The van der Waals surface area contributed by atoms with Gasteiger partial charge in [0.2, 0.25) is 5.91 Å². The molecule has 1 aromatic rings. The number of hydrogen-bond donors (Lipinski definition) is 2. The van der Waals surface area contributed by atoms with Crippen molar-refractivity contribution < 1.29 is 14.3 Å². The van der Waals surface area contributed by atoms with E-state index in [2.05, 4.69) is 10.6 Å². The normalized spacial score (nSPS) is 21.1. The van der Waals surface area contributed by atoms with Crippen LogP contribution in [0.4, 0.5) is 5.69 Å². The number of nitrogens with one attached hydrogen (secondary N) is 2. The molecule has 1 aromatic carbocycles. The Bertz CT molecular complexity index is 513. The van der Waals surface area contributed by atoms with Gasteiger partial charge in [-0.3, -0.25) is 9.59 Å². The van der Waals surface area contributed by atoms with Crippen molar-refractivity contribution in [2.75, 3.05) is 39.7 Å². The molecule has 2 N–H and O–H groups in total. The number of likely N-dealkylation sites (N-methyl/N-ethyl adjacent to an activating group) is 1. The first kappa shape index (κ1) is 15.5. The van der Waals surface area contributed by atoms with E-state index in [1.807, 2.05) is 7.05 Å². The summed E-state index contributed by atoms with van der Waals surface area (Å²) in [6, 6.07) is 6.93. The third-order valence-electron chi connectivity index (χ3n) is 3.59. The fraction of sp³-hybridized carbons (Fsp3) is 0.467. The monoisotopic (exact) mass is 291 g/mol.